The van der Waals surface area contributed by atoms with Crippen molar-refractivity contribution in [3.63, 3.8) is 0 Å². The number of benzene rings is 1. The van der Waals surface area contributed by atoms with E-state index in [1.54, 1.807) is 18.1 Å². The predicted molar refractivity (Wildman–Crippen MR) is 118 cm³/mol. The van der Waals surface area contributed by atoms with Crippen LogP contribution in [0.2, 0.25) is 0 Å². The Kier molecular flexibility index (Phi) is 5.78. The van der Waals surface area contributed by atoms with Crippen molar-refractivity contribution >= 4 is 28.5 Å². The van der Waals surface area contributed by atoms with Crippen molar-refractivity contribution in [1.29, 1.82) is 0 Å². The Morgan fingerprint density at radius 1 is 1.00 bits per heavy atom. The fraction of sp³-hybridized carbons (Fsp3) is 0.409. The normalized spacial score (nSPS) is 19.9. The largest absolute Gasteiger partial charge is 0.367 e. The molecule has 4 rings (SSSR count). The molecule has 0 atom stereocenters. The topological polar surface area (TPSA) is 53.9 Å². The number of rotatable bonds is 5. The Labute approximate surface area is 171 Å². The van der Waals surface area contributed by atoms with E-state index in [2.05, 4.69) is 69.8 Å². The van der Waals surface area contributed by atoms with Gasteiger partial charge in [0.2, 0.25) is 0 Å². The van der Waals surface area contributed by atoms with Gasteiger partial charge in [-0.1, -0.05) is 6.07 Å². The minimum atomic E-state index is 0.472. The second kappa shape index (κ2) is 8.45. The molecule has 1 N–H and O–H groups in total. The van der Waals surface area contributed by atoms with E-state index in [1.165, 1.54) is 25.7 Å². The summed E-state index contributed by atoms with van der Waals surface area (Å²) in [7, 11) is 4.36. The summed E-state index contributed by atoms with van der Waals surface area (Å²) < 4.78 is 0. The molecule has 6 heteroatoms. The third kappa shape index (κ3) is 4.13. The molecule has 146 valence electrons. The summed E-state index contributed by atoms with van der Waals surface area (Å²) in [5.74, 6) is 0.939. The molecule has 1 fully saturated rings. The first-order valence-corrected chi connectivity index (χ1v) is 11.0. The zero-order chi connectivity index (χ0) is 19.5. The summed E-state index contributed by atoms with van der Waals surface area (Å²) in [6.45, 7) is 0. The van der Waals surface area contributed by atoms with Crippen molar-refractivity contribution in [3.05, 3.63) is 43.0 Å². The van der Waals surface area contributed by atoms with Gasteiger partial charge in [0.1, 0.15) is 12.1 Å². The number of aromatic nitrogens is 3. The highest BCUT2D eigenvalue weighted by Gasteiger charge is 2.23. The van der Waals surface area contributed by atoms with E-state index in [-0.39, 0.29) is 0 Å². The van der Waals surface area contributed by atoms with Gasteiger partial charge in [-0.2, -0.15) is 0 Å². The minimum Gasteiger partial charge on any atom is -0.367 e. The van der Waals surface area contributed by atoms with Crippen LogP contribution in [0.5, 0.6) is 0 Å². The van der Waals surface area contributed by atoms with E-state index in [1.807, 2.05) is 12.4 Å². The maximum atomic E-state index is 4.57. The molecule has 0 amide bonds. The molecule has 1 aliphatic rings. The summed E-state index contributed by atoms with van der Waals surface area (Å²) >= 11 is 1.71. The molecule has 0 bridgehead atoms. The number of pyridine rings is 1. The molecule has 3 aromatic rings. The average molecular weight is 394 g/mol. The lowest BCUT2D eigenvalue weighted by atomic mass is 9.90. The van der Waals surface area contributed by atoms with E-state index in [0.717, 1.165) is 32.7 Å². The zero-order valence-electron chi connectivity index (χ0n) is 16.7. The molecule has 0 spiro atoms. The summed E-state index contributed by atoms with van der Waals surface area (Å²) in [5, 5.41) is 4.77. The third-order valence-electron chi connectivity index (χ3n) is 5.69. The van der Waals surface area contributed by atoms with Crippen LogP contribution in [-0.4, -0.2) is 52.3 Å². The summed E-state index contributed by atoms with van der Waals surface area (Å²) in [4.78, 5) is 16.9. The Balaban J connectivity index is 1.60. The van der Waals surface area contributed by atoms with Crippen LogP contribution in [-0.2, 0) is 0 Å². The molecular weight excluding hydrogens is 366 g/mol. The summed E-state index contributed by atoms with van der Waals surface area (Å²) in [6.07, 6.45) is 12.4. The maximum absolute atomic E-state index is 4.57. The van der Waals surface area contributed by atoms with Gasteiger partial charge in [0.15, 0.2) is 0 Å². The van der Waals surface area contributed by atoms with Crippen molar-refractivity contribution in [2.24, 2.45) is 0 Å². The molecule has 2 aromatic heterocycles. The van der Waals surface area contributed by atoms with E-state index < -0.39 is 0 Å². The fourth-order valence-electron chi connectivity index (χ4n) is 3.97. The number of thioether (sulfide) groups is 1. The molecule has 1 aliphatic carbocycles. The van der Waals surface area contributed by atoms with E-state index in [9.17, 15) is 0 Å². The quantitative estimate of drug-likeness (QED) is 0.634. The van der Waals surface area contributed by atoms with E-state index in [0.29, 0.717) is 12.1 Å². The first kappa shape index (κ1) is 19.2. The summed E-state index contributed by atoms with van der Waals surface area (Å²) in [5.41, 5.74) is 3.23. The SMILES string of the molecule is CSc1cncc(-c2ccc3ncnc(N[C@H]4CC[C@H](N(C)C)CC4)c3c2)c1. The first-order chi connectivity index (χ1) is 13.6. The standard InChI is InChI=1S/C22H27N5S/c1-27(2)18-7-5-17(6-8-18)26-22-20-11-15(4-9-21(20)24-14-25-22)16-10-19(28-3)13-23-12-16/h4,9-14,17-18H,5-8H2,1-3H3,(H,24,25,26)/t17-,18-. The molecule has 28 heavy (non-hydrogen) atoms. The van der Waals surface area contributed by atoms with E-state index >= 15 is 0 Å². The molecule has 0 unspecified atom stereocenters. The second-order valence-corrected chi connectivity index (χ2v) is 8.56. The Morgan fingerprint density at radius 2 is 1.82 bits per heavy atom. The molecule has 1 aromatic carbocycles. The summed E-state index contributed by atoms with van der Waals surface area (Å²) in [6, 6.07) is 9.72. The molecule has 0 aliphatic heterocycles. The van der Waals surface area contributed by atoms with Gasteiger partial charge in [0, 0.05) is 40.3 Å². The van der Waals surface area contributed by atoms with Crippen LogP contribution in [0.25, 0.3) is 22.0 Å². The van der Waals surface area contributed by atoms with Gasteiger partial charge < -0.3 is 10.2 Å². The number of nitrogens with one attached hydrogen (secondary N) is 1. The lowest BCUT2D eigenvalue weighted by Crippen LogP contribution is -2.36. The van der Waals surface area contributed by atoms with Crippen molar-refractivity contribution in [2.75, 3.05) is 25.7 Å². The maximum Gasteiger partial charge on any atom is 0.137 e. The van der Waals surface area contributed by atoms with Crippen LogP contribution in [0.4, 0.5) is 5.82 Å². The molecular formula is C22H27N5S. The van der Waals surface area contributed by atoms with Crippen LogP contribution < -0.4 is 5.32 Å². The smallest absolute Gasteiger partial charge is 0.137 e. The Hall–Kier alpha value is -2.18. The highest BCUT2D eigenvalue weighted by Crippen LogP contribution is 2.30. The van der Waals surface area contributed by atoms with Crippen molar-refractivity contribution in [2.45, 2.75) is 42.7 Å². The number of hydrogen-bond donors (Lipinski definition) is 1. The van der Waals surface area contributed by atoms with Gasteiger partial charge in [0.25, 0.3) is 0 Å². The number of nitrogens with zero attached hydrogens (tertiary/aromatic N) is 4. The van der Waals surface area contributed by atoms with Gasteiger partial charge in [-0.3, -0.25) is 4.98 Å². The van der Waals surface area contributed by atoms with Crippen LogP contribution in [0.15, 0.2) is 47.9 Å². The van der Waals surface area contributed by atoms with E-state index in [4.69, 9.17) is 0 Å². The Morgan fingerprint density at radius 3 is 2.57 bits per heavy atom. The van der Waals surface area contributed by atoms with Crippen LogP contribution in [0.3, 0.4) is 0 Å². The highest BCUT2D eigenvalue weighted by molar-refractivity contribution is 7.98. The Bertz CT molecular complexity index is 951. The minimum absolute atomic E-state index is 0.472. The average Bonchev–Trinajstić information content (AvgIpc) is 2.74. The van der Waals surface area contributed by atoms with Crippen LogP contribution in [0.1, 0.15) is 25.7 Å². The van der Waals surface area contributed by atoms with Gasteiger partial charge in [0.05, 0.1) is 5.52 Å². The van der Waals surface area contributed by atoms with Crippen LogP contribution >= 0.6 is 11.8 Å². The molecule has 0 saturated heterocycles. The van der Waals surface area contributed by atoms with Crippen LogP contribution in [0, 0.1) is 0 Å². The van der Waals surface area contributed by atoms with Gasteiger partial charge in [-0.25, -0.2) is 9.97 Å². The van der Waals surface area contributed by atoms with Crippen molar-refractivity contribution in [1.82, 2.24) is 19.9 Å². The van der Waals surface area contributed by atoms with Crippen molar-refractivity contribution in [3.8, 4) is 11.1 Å². The lowest BCUT2D eigenvalue weighted by Gasteiger charge is -2.33. The zero-order valence-corrected chi connectivity index (χ0v) is 17.5. The van der Waals surface area contributed by atoms with Gasteiger partial charge >= 0.3 is 0 Å². The van der Waals surface area contributed by atoms with Gasteiger partial charge in [-0.15, -0.1) is 11.8 Å². The highest BCUT2D eigenvalue weighted by atomic mass is 32.2. The molecule has 0 radical (unpaired) electrons. The second-order valence-electron chi connectivity index (χ2n) is 7.68. The fourth-order valence-corrected chi connectivity index (χ4v) is 4.38. The van der Waals surface area contributed by atoms with Crippen molar-refractivity contribution < 1.29 is 0 Å². The monoisotopic (exact) mass is 393 g/mol. The molecule has 1 saturated carbocycles. The molecule has 2 heterocycles. The number of hydrogen-bond acceptors (Lipinski definition) is 6. The third-order valence-corrected chi connectivity index (χ3v) is 6.38. The first-order valence-electron chi connectivity index (χ1n) is 9.81. The predicted octanol–water partition coefficient (Wildman–Crippen LogP) is 4.70. The van der Waals surface area contributed by atoms with Gasteiger partial charge in [-0.05, 0) is 69.8 Å². The lowest BCUT2D eigenvalue weighted by molar-refractivity contribution is 0.221. The number of anilines is 1. The number of fused-ring (bicyclic) bond motifs is 1. The molecule has 5 nitrogen and oxygen atoms in total.